The first kappa shape index (κ1) is 13.3. The maximum Gasteiger partial charge on any atom is 0.498 e. The average Bonchev–Trinajstić information content (AvgIpc) is 2.87. The third-order valence-corrected chi connectivity index (χ3v) is 4.22. The molecule has 0 saturated carbocycles. The van der Waals surface area contributed by atoms with Gasteiger partial charge in [-0.1, -0.05) is 0 Å². The van der Waals surface area contributed by atoms with Crippen molar-refractivity contribution in [3.8, 4) is 0 Å². The van der Waals surface area contributed by atoms with Crippen LogP contribution in [0.15, 0.2) is 24.5 Å². The Balaban J connectivity index is 2.06. The number of hydrogen-bond donors (Lipinski definition) is 0. The van der Waals surface area contributed by atoms with Gasteiger partial charge in [0, 0.05) is 23.4 Å². The summed E-state index contributed by atoms with van der Waals surface area (Å²) in [6.07, 6.45) is 4.31. The molecule has 3 rings (SSSR count). The third-order valence-electron chi connectivity index (χ3n) is 4.22. The van der Waals surface area contributed by atoms with E-state index in [2.05, 4.69) is 5.10 Å². The minimum atomic E-state index is -0.473. The van der Waals surface area contributed by atoms with Gasteiger partial charge in [0.2, 0.25) is 0 Å². The Morgan fingerprint density at radius 2 is 1.90 bits per heavy atom. The van der Waals surface area contributed by atoms with Gasteiger partial charge in [0.25, 0.3) is 0 Å². The molecular formula is C14H17BN2O3. The van der Waals surface area contributed by atoms with E-state index in [1.54, 1.807) is 29.0 Å². The second kappa shape index (κ2) is 4.17. The summed E-state index contributed by atoms with van der Waals surface area (Å²) in [6.45, 7) is 8.04. The first-order valence-electron chi connectivity index (χ1n) is 6.62. The van der Waals surface area contributed by atoms with E-state index in [0.29, 0.717) is 5.56 Å². The summed E-state index contributed by atoms with van der Waals surface area (Å²) in [6, 6.07) is 3.52. The van der Waals surface area contributed by atoms with Gasteiger partial charge >= 0.3 is 7.12 Å². The van der Waals surface area contributed by atoms with Gasteiger partial charge in [-0.15, -0.1) is 0 Å². The summed E-state index contributed by atoms with van der Waals surface area (Å²) >= 11 is 0. The molecule has 0 radical (unpaired) electrons. The summed E-state index contributed by atoms with van der Waals surface area (Å²) in [4.78, 5) is 10.9. The number of carbonyl (C=O) groups is 1. The lowest BCUT2D eigenvalue weighted by Crippen LogP contribution is -2.41. The maximum atomic E-state index is 10.9. The van der Waals surface area contributed by atoms with Gasteiger partial charge in [-0.3, -0.25) is 4.79 Å². The highest BCUT2D eigenvalue weighted by Gasteiger charge is 2.52. The zero-order valence-electron chi connectivity index (χ0n) is 12.1. The summed E-state index contributed by atoms with van der Waals surface area (Å²) in [5.74, 6) is 0. The quantitative estimate of drug-likeness (QED) is 0.613. The van der Waals surface area contributed by atoms with Crippen molar-refractivity contribution < 1.29 is 14.1 Å². The van der Waals surface area contributed by atoms with Crippen LogP contribution in [0.2, 0.25) is 0 Å². The molecule has 5 nitrogen and oxygen atoms in total. The van der Waals surface area contributed by atoms with Crippen molar-refractivity contribution in [2.75, 3.05) is 0 Å². The Labute approximate surface area is 118 Å². The van der Waals surface area contributed by atoms with Crippen LogP contribution in [-0.2, 0) is 9.31 Å². The normalized spacial score (nSPS) is 20.5. The molecule has 0 aromatic carbocycles. The largest absolute Gasteiger partial charge is 0.498 e. The molecule has 1 aliphatic rings. The number of aromatic nitrogens is 2. The summed E-state index contributed by atoms with van der Waals surface area (Å²) < 4.78 is 13.8. The number of hydrogen-bond acceptors (Lipinski definition) is 4. The minimum absolute atomic E-state index is 0.395. The van der Waals surface area contributed by atoms with Crippen molar-refractivity contribution in [2.45, 2.75) is 38.9 Å². The van der Waals surface area contributed by atoms with Gasteiger partial charge in [0.1, 0.15) is 6.29 Å². The van der Waals surface area contributed by atoms with Crippen LogP contribution in [0.25, 0.3) is 5.52 Å². The van der Waals surface area contributed by atoms with Crippen LogP contribution in [0, 0.1) is 0 Å². The first-order valence-corrected chi connectivity index (χ1v) is 6.62. The molecule has 0 bridgehead atoms. The SMILES string of the molecule is CC1(C)OB(c2cnn3ccc(C=O)cc23)OC1(C)C. The third kappa shape index (κ3) is 1.87. The standard InChI is InChI=1S/C14H17BN2O3/c1-13(2)14(3,4)20-15(19-13)11-8-16-17-6-5-10(9-18)7-12(11)17/h5-9H,1-4H3. The van der Waals surface area contributed by atoms with Crippen molar-refractivity contribution in [1.82, 2.24) is 9.61 Å². The fourth-order valence-corrected chi connectivity index (χ4v) is 2.24. The van der Waals surface area contributed by atoms with Crippen molar-refractivity contribution in [3.63, 3.8) is 0 Å². The van der Waals surface area contributed by atoms with E-state index < -0.39 is 18.3 Å². The highest BCUT2D eigenvalue weighted by molar-refractivity contribution is 6.64. The zero-order chi connectivity index (χ0) is 14.5. The minimum Gasteiger partial charge on any atom is -0.399 e. The fraction of sp³-hybridized carbons (Fsp3) is 0.429. The molecule has 6 heteroatoms. The van der Waals surface area contributed by atoms with Gasteiger partial charge in [0.15, 0.2) is 0 Å². The molecule has 0 atom stereocenters. The van der Waals surface area contributed by atoms with E-state index in [0.717, 1.165) is 17.3 Å². The Kier molecular flexibility index (Phi) is 2.78. The van der Waals surface area contributed by atoms with Gasteiger partial charge in [-0.25, -0.2) is 4.52 Å². The number of carbonyl (C=O) groups excluding carboxylic acids is 1. The van der Waals surface area contributed by atoms with Crippen molar-refractivity contribution in [1.29, 1.82) is 0 Å². The number of pyridine rings is 1. The first-order chi connectivity index (χ1) is 9.34. The van der Waals surface area contributed by atoms with E-state index in [1.165, 1.54) is 0 Å². The van der Waals surface area contributed by atoms with Crippen molar-refractivity contribution in [2.24, 2.45) is 0 Å². The lowest BCUT2D eigenvalue weighted by molar-refractivity contribution is 0.00578. The fourth-order valence-electron chi connectivity index (χ4n) is 2.24. The Hall–Kier alpha value is -1.66. The molecule has 0 unspecified atom stereocenters. The van der Waals surface area contributed by atoms with E-state index in [-0.39, 0.29) is 0 Å². The van der Waals surface area contributed by atoms with E-state index in [9.17, 15) is 4.79 Å². The molecule has 3 heterocycles. The molecule has 0 aliphatic carbocycles. The lowest BCUT2D eigenvalue weighted by atomic mass is 9.80. The zero-order valence-corrected chi connectivity index (χ0v) is 12.1. The maximum absolute atomic E-state index is 10.9. The average molecular weight is 272 g/mol. The van der Waals surface area contributed by atoms with E-state index in [4.69, 9.17) is 9.31 Å². The molecule has 1 fully saturated rings. The van der Waals surface area contributed by atoms with Crippen LogP contribution in [0.1, 0.15) is 38.1 Å². The molecule has 2 aromatic heterocycles. The molecule has 0 N–H and O–H groups in total. The summed E-state index contributed by atoms with van der Waals surface area (Å²) in [5.41, 5.74) is 1.48. The molecule has 0 spiro atoms. The molecule has 0 amide bonds. The van der Waals surface area contributed by atoms with Crippen LogP contribution in [-0.4, -0.2) is 34.2 Å². The molecule has 1 saturated heterocycles. The van der Waals surface area contributed by atoms with Crippen molar-refractivity contribution in [3.05, 3.63) is 30.1 Å². The topological polar surface area (TPSA) is 52.8 Å². The molecule has 2 aromatic rings. The van der Waals surface area contributed by atoms with Gasteiger partial charge in [-0.2, -0.15) is 5.10 Å². The number of aldehydes is 1. The predicted molar refractivity (Wildman–Crippen MR) is 76.3 cm³/mol. The predicted octanol–water partition coefficient (Wildman–Crippen LogP) is 1.45. The molecule has 104 valence electrons. The van der Waals surface area contributed by atoms with Crippen LogP contribution in [0.3, 0.4) is 0 Å². The molecule has 1 aliphatic heterocycles. The van der Waals surface area contributed by atoms with Gasteiger partial charge in [0.05, 0.1) is 16.7 Å². The van der Waals surface area contributed by atoms with E-state index >= 15 is 0 Å². The summed E-state index contributed by atoms with van der Waals surface area (Å²) in [7, 11) is -0.473. The second-order valence-electron chi connectivity index (χ2n) is 6.10. The Morgan fingerprint density at radius 3 is 2.50 bits per heavy atom. The highest BCUT2D eigenvalue weighted by Crippen LogP contribution is 2.36. The monoisotopic (exact) mass is 272 g/mol. The number of rotatable bonds is 2. The van der Waals surface area contributed by atoms with Gasteiger partial charge in [-0.05, 0) is 39.8 Å². The van der Waals surface area contributed by atoms with E-state index in [1.807, 2.05) is 27.7 Å². The molecule has 20 heavy (non-hydrogen) atoms. The summed E-state index contributed by atoms with van der Waals surface area (Å²) in [5, 5.41) is 4.27. The van der Waals surface area contributed by atoms with Crippen molar-refractivity contribution >= 4 is 24.4 Å². The van der Waals surface area contributed by atoms with Crippen LogP contribution < -0.4 is 5.46 Å². The van der Waals surface area contributed by atoms with Crippen LogP contribution >= 0.6 is 0 Å². The van der Waals surface area contributed by atoms with Crippen LogP contribution in [0.4, 0.5) is 0 Å². The molecular weight excluding hydrogens is 255 g/mol. The number of fused-ring (bicyclic) bond motifs is 1. The highest BCUT2D eigenvalue weighted by atomic mass is 16.7. The van der Waals surface area contributed by atoms with Gasteiger partial charge < -0.3 is 9.31 Å². The lowest BCUT2D eigenvalue weighted by Gasteiger charge is -2.32. The second-order valence-corrected chi connectivity index (χ2v) is 6.10. The smallest absolute Gasteiger partial charge is 0.399 e. The number of nitrogens with zero attached hydrogens (tertiary/aromatic N) is 2. The Bertz CT molecular complexity index is 662. The van der Waals surface area contributed by atoms with Crippen LogP contribution in [0.5, 0.6) is 0 Å². The Morgan fingerprint density at radius 1 is 1.25 bits per heavy atom.